The van der Waals surface area contributed by atoms with Gasteiger partial charge in [0.15, 0.2) is 0 Å². The van der Waals surface area contributed by atoms with Gasteiger partial charge in [0.05, 0.1) is 6.42 Å². The number of amides is 1. The molecule has 0 aliphatic heterocycles. The van der Waals surface area contributed by atoms with Gasteiger partial charge in [0.1, 0.15) is 0 Å². The summed E-state index contributed by atoms with van der Waals surface area (Å²) < 4.78 is 0. The highest BCUT2D eigenvalue weighted by molar-refractivity contribution is 7.09. The lowest BCUT2D eigenvalue weighted by molar-refractivity contribution is -0.138. The predicted octanol–water partition coefficient (Wildman–Crippen LogP) is 2.78. The van der Waals surface area contributed by atoms with E-state index in [1.807, 2.05) is 0 Å². The molecule has 5 heteroatoms. The summed E-state index contributed by atoms with van der Waals surface area (Å²) in [6, 6.07) is 4.19. The summed E-state index contributed by atoms with van der Waals surface area (Å²) in [4.78, 5) is 25.0. The molecule has 0 aliphatic rings. The standard InChI is InChI=1S/C14H21NO3S/c1-15(10-9-14(17)18)13(16)8-4-2-3-6-12-7-5-11-19-12/h5,7,11H,2-4,6,8-10H2,1H3,(H,17,18). The van der Waals surface area contributed by atoms with Crippen LogP contribution >= 0.6 is 11.3 Å². The van der Waals surface area contributed by atoms with Gasteiger partial charge in [0, 0.05) is 24.9 Å². The fourth-order valence-corrected chi connectivity index (χ4v) is 2.54. The summed E-state index contributed by atoms with van der Waals surface area (Å²) in [5, 5.41) is 10.6. The van der Waals surface area contributed by atoms with Crippen LogP contribution in [0.3, 0.4) is 0 Å². The van der Waals surface area contributed by atoms with Crippen molar-refractivity contribution in [2.24, 2.45) is 0 Å². The number of carboxylic acids is 1. The molecule has 1 heterocycles. The molecule has 0 saturated carbocycles. The Morgan fingerprint density at radius 3 is 2.68 bits per heavy atom. The minimum atomic E-state index is -0.865. The second-order valence-corrected chi connectivity index (χ2v) is 5.63. The average Bonchev–Trinajstić information content (AvgIpc) is 2.88. The zero-order valence-corrected chi connectivity index (χ0v) is 12.1. The molecule has 1 aromatic heterocycles. The molecule has 1 N–H and O–H groups in total. The van der Waals surface area contributed by atoms with Crippen molar-refractivity contribution < 1.29 is 14.7 Å². The number of thiophene rings is 1. The quantitative estimate of drug-likeness (QED) is 0.709. The maximum Gasteiger partial charge on any atom is 0.305 e. The Balaban J connectivity index is 2.04. The van der Waals surface area contributed by atoms with E-state index in [1.54, 1.807) is 18.4 Å². The van der Waals surface area contributed by atoms with Crippen molar-refractivity contribution in [3.63, 3.8) is 0 Å². The monoisotopic (exact) mass is 283 g/mol. The van der Waals surface area contributed by atoms with Gasteiger partial charge in [-0.25, -0.2) is 0 Å². The van der Waals surface area contributed by atoms with Crippen LogP contribution in [0.1, 0.15) is 37.0 Å². The van der Waals surface area contributed by atoms with E-state index in [1.165, 1.54) is 9.78 Å². The third kappa shape index (κ3) is 6.96. The number of hydrogen-bond acceptors (Lipinski definition) is 3. The van der Waals surface area contributed by atoms with Gasteiger partial charge < -0.3 is 10.0 Å². The number of rotatable bonds is 9. The second kappa shape index (κ2) is 8.69. The summed E-state index contributed by atoms with van der Waals surface area (Å²) in [5.74, 6) is -0.826. The molecular formula is C14H21NO3S. The number of aliphatic carboxylic acids is 1. The van der Waals surface area contributed by atoms with Crippen molar-refractivity contribution in [3.8, 4) is 0 Å². The van der Waals surface area contributed by atoms with E-state index in [0.717, 1.165) is 25.7 Å². The first-order chi connectivity index (χ1) is 9.09. The molecular weight excluding hydrogens is 262 g/mol. The Hall–Kier alpha value is -1.36. The number of carbonyl (C=O) groups excluding carboxylic acids is 1. The second-order valence-electron chi connectivity index (χ2n) is 4.60. The molecule has 106 valence electrons. The molecule has 1 rings (SSSR count). The SMILES string of the molecule is CN(CCC(=O)O)C(=O)CCCCCc1cccs1. The molecule has 0 bridgehead atoms. The van der Waals surface area contributed by atoms with E-state index >= 15 is 0 Å². The Morgan fingerprint density at radius 2 is 2.05 bits per heavy atom. The molecule has 0 saturated heterocycles. The van der Waals surface area contributed by atoms with Crippen molar-refractivity contribution in [2.45, 2.75) is 38.5 Å². The van der Waals surface area contributed by atoms with Gasteiger partial charge in [-0.3, -0.25) is 9.59 Å². The zero-order valence-electron chi connectivity index (χ0n) is 11.3. The van der Waals surface area contributed by atoms with Crippen LogP contribution in [0, 0.1) is 0 Å². The van der Waals surface area contributed by atoms with E-state index in [4.69, 9.17) is 5.11 Å². The van der Waals surface area contributed by atoms with Crippen LogP contribution in [0.15, 0.2) is 17.5 Å². The lowest BCUT2D eigenvalue weighted by Crippen LogP contribution is -2.28. The van der Waals surface area contributed by atoms with Crippen LogP contribution in [-0.2, 0) is 16.0 Å². The summed E-state index contributed by atoms with van der Waals surface area (Å²) in [6.45, 7) is 0.295. The average molecular weight is 283 g/mol. The highest BCUT2D eigenvalue weighted by Gasteiger charge is 2.09. The van der Waals surface area contributed by atoms with Gasteiger partial charge in [-0.2, -0.15) is 0 Å². The fraction of sp³-hybridized carbons (Fsp3) is 0.571. The number of unbranched alkanes of at least 4 members (excludes halogenated alkanes) is 2. The molecule has 19 heavy (non-hydrogen) atoms. The Bertz CT molecular complexity index is 389. The first-order valence-corrected chi connectivity index (χ1v) is 7.45. The Labute approximate surface area is 118 Å². The molecule has 0 atom stereocenters. The van der Waals surface area contributed by atoms with Crippen LogP contribution in [-0.4, -0.2) is 35.5 Å². The number of carbonyl (C=O) groups is 2. The highest BCUT2D eigenvalue weighted by Crippen LogP contribution is 2.13. The van der Waals surface area contributed by atoms with Crippen molar-refractivity contribution in [1.82, 2.24) is 4.90 Å². The fourth-order valence-electron chi connectivity index (χ4n) is 1.79. The first-order valence-electron chi connectivity index (χ1n) is 6.57. The molecule has 0 unspecified atom stereocenters. The lowest BCUT2D eigenvalue weighted by Gasteiger charge is -2.15. The van der Waals surface area contributed by atoms with Crippen molar-refractivity contribution >= 4 is 23.2 Å². The molecule has 0 spiro atoms. The van der Waals surface area contributed by atoms with Gasteiger partial charge in [0.25, 0.3) is 0 Å². The lowest BCUT2D eigenvalue weighted by atomic mass is 10.1. The maximum absolute atomic E-state index is 11.7. The van der Waals surface area contributed by atoms with Crippen molar-refractivity contribution in [3.05, 3.63) is 22.4 Å². The van der Waals surface area contributed by atoms with E-state index in [9.17, 15) is 9.59 Å². The van der Waals surface area contributed by atoms with Crippen LogP contribution in [0.4, 0.5) is 0 Å². The topological polar surface area (TPSA) is 57.6 Å². The Kier molecular flexibility index (Phi) is 7.18. The van der Waals surface area contributed by atoms with Crippen molar-refractivity contribution in [1.29, 1.82) is 0 Å². The number of carboxylic acid groups (broad SMARTS) is 1. The van der Waals surface area contributed by atoms with E-state index < -0.39 is 5.97 Å². The van der Waals surface area contributed by atoms with Crippen LogP contribution in [0.25, 0.3) is 0 Å². The number of nitrogens with zero attached hydrogens (tertiary/aromatic N) is 1. The maximum atomic E-state index is 11.7. The van der Waals surface area contributed by atoms with Crippen molar-refractivity contribution in [2.75, 3.05) is 13.6 Å². The molecule has 0 radical (unpaired) electrons. The van der Waals surface area contributed by atoms with E-state index in [2.05, 4.69) is 17.5 Å². The summed E-state index contributed by atoms with van der Waals surface area (Å²) in [5.41, 5.74) is 0. The zero-order chi connectivity index (χ0) is 14.1. The third-order valence-corrected chi connectivity index (χ3v) is 3.92. The Morgan fingerprint density at radius 1 is 1.26 bits per heavy atom. The normalized spacial score (nSPS) is 10.4. The van der Waals surface area contributed by atoms with Gasteiger partial charge in [-0.1, -0.05) is 12.5 Å². The van der Waals surface area contributed by atoms with E-state index in [0.29, 0.717) is 13.0 Å². The summed E-state index contributed by atoms with van der Waals surface area (Å²) in [6.07, 6.45) is 4.63. The molecule has 0 fully saturated rings. The van der Waals surface area contributed by atoms with Crippen LogP contribution in [0.2, 0.25) is 0 Å². The van der Waals surface area contributed by atoms with Gasteiger partial charge in [-0.05, 0) is 30.7 Å². The molecule has 1 aromatic rings. The molecule has 4 nitrogen and oxygen atoms in total. The van der Waals surface area contributed by atoms with Gasteiger partial charge in [-0.15, -0.1) is 11.3 Å². The number of aryl methyl sites for hydroxylation is 1. The molecule has 0 aromatic carbocycles. The van der Waals surface area contributed by atoms with Gasteiger partial charge in [0.2, 0.25) is 5.91 Å². The molecule has 0 aliphatic carbocycles. The summed E-state index contributed by atoms with van der Waals surface area (Å²) >= 11 is 1.77. The largest absolute Gasteiger partial charge is 0.481 e. The smallest absolute Gasteiger partial charge is 0.305 e. The minimum absolute atomic E-state index is 0.0145. The third-order valence-electron chi connectivity index (χ3n) is 2.98. The summed E-state index contributed by atoms with van der Waals surface area (Å²) in [7, 11) is 1.66. The predicted molar refractivity (Wildman–Crippen MR) is 76.4 cm³/mol. The molecule has 1 amide bonds. The van der Waals surface area contributed by atoms with E-state index in [-0.39, 0.29) is 12.3 Å². The first kappa shape index (κ1) is 15.7. The highest BCUT2D eigenvalue weighted by atomic mass is 32.1. The number of hydrogen-bond donors (Lipinski definition) is 1. The van der Waals surface area contributed by atoms with Gasteiger partial charge >= 0.3 is 5.97 Å². The van der Waals surface area contributed by atoms with Crippen LogP contribution in [0.5, 0.6) is 0 Å². The minimum Gasteiger partial charge on any atom is -0.481 e. The van der Waals surface area contributed by atoms with Crippen LogP contribution < -0.4 is 0 Å².